The van der Waals surface area contributed by atoms with Crippen molar-refractivity contribution in [2.45, 2.75) is 25.2 Å². The van der Waals surface area contributed by atoms with Crippen molar-refractivity contribution in [2.75, 3.05) is 31.2 Å². The molecule has 1 unspecified atom stereocenters. The molecular weight excluding hydrogens is 471 g/mol. The van der Waals surface area contributed by atoms with Crippen molar-refractivity contribution in [3.8, 4) is 5.75 Å². The lowest BCUT2D eigenvalue weighted by Gasteiger charge is -2.27. The number of anilines is 1. The van der Waals surface area contributed by atoms with Crippen LogP contribution in [0.1, 0.15) is 22.8 Å². The summed E-state index contributed by atoms with van der Waals surface area (Å²) in [5.74, 6) is -1.51. The van der Waals surface area contributed by atoms with Crippen molar-refractivity contribution in [1.82, 2.24) is 20.7 Å². The predicted octanol–water partition coefficient (Wildman–Crippen LogP) is 2.01. The summed E-state index contributed by atoms with van der Waals surface area (Å²) in [4.78, 5) is 43.6. The monoisotopic (exact) mass is 493 g/mol. The number of hydrogen-bond donors (Lipinski definition) is 2. The number of benzene rings is 1. The second kappa shape index (κ2) is 9.50. The number of rotatable bonds is 6. The Kier molecular flexibility index (Phi) is 6.63. The molecule has 186 valence electrons. The maximum atomic E-state index is 13.2. The molecule has 0 aliphatic carbocycles. The highest BCUT2D eigenvalue weighted by Gasteiger charge is 2.49. The maximum absolute atomic E-state index is 13.2. The van der Waals surface area contributed by atoms with E-state index in [4.69, 9.17) is 4.74 Å². The van der Waals surface area contributed by atoms with Crippen LogP contribution < -0.4 is 20.4 Å². The highest BCUT2D eigenvalue weighted by atomic mass is 19.4. The third kappa shape index (κ3) is 5.52. The van der Waals surface area contributed by atoms with Crippen molar-refractivity contribution >= 4 is 23.5 Å². The Morgan fingerprint density at radius 2 is 1.89 bits per heavy atom. The summed E-state index contributed by atoms with van der Waals surface area (Å²) in [5, 5.41) is 4.35. The highest BCUT2D eigenvalue weighted by molar-refractivity contribution is 6.23. The Balaban J connectivity index is 1.51. The smallest absolute Gasteiger partial charge is 0.406 e. The minimum atomic E-state index is -4.86. The zero-order valence-electron chi connectivity index (χ0n) is 18.6. The van der Waals surface area contributed by atoms with Crippen LogP contribution >= 0.6 is 0 Å². The first-order valence-corrected chi connectivity index (χ1v) is 10.6. The molecule has 2 aliphatic rings. The van der Waals surface area contributed by atoms with Crippen LogP contribution in [0, 0.1) is 0 Å². The van der Waals surface area contributed by atoms with Gasteiger partial charge in [-0.2, -0.15) is 0 Å². The lowest BCUT2D eigenvalue weighted by atomic mass is 9.90. The normalized spacial score (nSPS) is 21.1. The first-order valence-electron chi connectivity index (χ1n) is 10.6. The average Bonchev–Trinajstić information content (AvgIpc) is 3.02. The number of alkyl halides is 3. The van der Waals surface area contributed by atoms with Gasteiger partial charge in [-0.1, -0.05) is 0 Å². The van der Waals surface area contributed by atoms with E-state index >= 15 is 0 Å². The minimum absolute atomic E-state index is 0.0161. The summed E-state index contributed by atoms with van der Waals surface area (Å²) < 4.78 is 46.3. The zero-order chi connectivity index (χ0) is 25.2. The van der Waals surface area contributed by atoms with E-state index in [2.05, 4.69) is 20.5 Å². The van der Waals surface area contributed by atoms with Crippen molar-refractivity contribution in [1.29, 1.82) is 0 Å². The number of carbonyl (C=O) groups excluding carboxylic acids is 3. The summed E-state index contributed by atoms with van der Waals surface area (Å²) >= 11 is 0. The molecule has 0 bridgehead atoms. The van der Waals surface area contributed by atoms with Crippen LogP contribution in [0.25, 0.3) is 0 Å². The largest absolute Gasteiger partial charge is 0.573 e. The third-order valence-electron chi connectivity index (χ3n) is 5.56. The van der Waals surface area contributed by atoms with Crippen molar-refractivity contribution < 1.29 is 37.0 Å². The Morgan fingerprint density at radius 3 is 2.54 bits per heavy atom. The quantitative estimate of drug-likeness (QED) is 0.592. The molecule has 2 aromatic rings. The number of pyridine rings is 1. The SMILES string of the molecule is CC1(Cc2ccncc2C(=O)NN2CCOCC2)NC(=O)N(c2ccc(OC(F)(F)F)cc2)C1=O. The molecule has 13 heteroatoms. The average molecular weight is 493 g/mol. The molecule has 35 heavy (non-hydrogen) atoms. The van der Waals surface area contributed by atoms with E-state index in [0.717, 1.165) is 17.0 Å². The second-order valence-electron chi connectivity index (χ2n) is 8.19. The summed E-state index contributed by atoms with van der Waals surface area (Å²) in [6.07, 6.45) is -2.02. The molecule has 1 aromatic carbocycles. The van der Waals surface area contributed by atoms with Gasteiger partial charge in [0, 0.05) is 31.9 Å². The molecule has 10 nitrogen and oxygen atoms in total. The molecular formula is C22H22F3N5O5. The molecule has 3 heterocycles. The van der Waals surface area contributed by atoms with Gasteiger partial charge in [-0.05, 0) is 42.8 Å². The number of carbonyl (C=O) groups is 3. The molecule has 2 aliphatic heterocycles. The lowest BCUT2D eigenvalue weighted by Crippen LogP contribution is -2.49. The topological polar surface area (TPSA) is 113 Å². The molecule has 0 spiro atoms. The standard InChI is InChI=1S/C22H22F3N5O5/c1-21(12-14-6-7-26-13-17(14)18(31)28-29-8-10-34-11-9-29)19(32)30(20(33)27-21)15-2-4-16(5-3-15)35-22(23,24)25/h2-7,13H,8-12H2,1H3,(H,27,33)(H,28,31). The first kappa shape index (κ1) is 24.4. The van der Waals surface area contributed by atoms with Crippen LogP contribution in [0.15, 0.2) is 42.7 Å². The number of aromatic nitrogens is 1. The number of nitrogens with one attached hydrogen (secondary N) is 2. The number of amides is 4. The number of morpholine rings is 1. The number of ether oxygens (including phenoxy) is 2. The fourth-order valence-corrected chi connectivity index (χ4v) is 3.88. The van der Waals surface area contributed by atoms with E-state index in [1.54, 1.807) is 11.1 Å². The number of hydrogen-bond acceptors (Lipinski definition) is 7. The summed E-state index contributed by atoms with van der Waals surface area (Å²) in [6.45, 7) is 3.53. The Morgan fingerprint density at radius 1 is 1.20 bits per heavy atom. The van der Waals surface area contributed by atoms with Gasteiger partial charge in [-0.15, -0.1) is 13.2 Å². The van der Waals surface area contributed by atoms with E-state index in [1.165, 1.54) is 31.5 Å². The van der Waals surface area contributed by atoms with Gasteiger partial charge in [-0.25, -0.2) is 14.7 Å². The molecule has 0 saturated carbocycles. The van der Waals surface area contributed by atoms with Crippen LogP contribution in [0.3, 0.4) is 0 Å². The van der Waals surface area contributed by atoms with Crippen molar-refractivity contribution in [3.63, 3.8) is 0 Å². The second-order valence-corrected chi connectivity index (χ2v) is 8.19. The van der Waals surface area contributed by atoms with E-state index in [1.807, 2.05) is 0 Å². The maximum Gasteiger partial charge on any atom is 0.573 e. The van der Waals surface area contributed by atoms with Gasteiger partial charge < -0.3 is 14.8 Å². The van der Waals surface area contributed by atoms with E-state index < -0.39 is 35.5 Å². The first-order chi connectivity index (χ1) is 16.6. The third-order valence-corrected chi connectivity index (χ3v) is 5.56. The van der Waals surface area contributed by atoms with Gasteiger partial charge >= 0.3 is 12.4 Å². The van der Waals surface area contributed by atoms with E-state index in [-0.39, 0.29) is 17.7 Å². The number of nitrogens with zero attached hydrogens (tertiary/aromatic N) is 3. The molecule has 4 amide bonds. The zero-order valence-corrected chi connectivity index (χ0v) is 18.6. The van der Waals surface area contributed by atoms with Crippen molar-refractivity contribution in [3.05, 3.63) is 53.9 Å². The molecule has 1 atom stereocenters. The number of imide groups is 1. The van der Waals surface area contributed by atoms with Crippen LogP contribution in [0.4, 0.5) is 23.7 Å². The summed E-state index contributed by atoms with van der Waals surface area (Å²) in [5.41, 5.74) is 2.18. The van der Waals surface area contributed by atoms with Gasteiger partial charge in [0.25, 0.3) is 11.8 Å². The van der Waals surface area contributed by atoms with Gasteiger partial charge in [0.05, 0.1) is 24.5 Å². The van der Waals surface area contributed by atoms with E-state index in [9.17, 15) is 27.6 Å². The Hall–Kier alpha value is -3.71. The Bertz CT molecular complexity index is 1120. The molecule has 0 radical (unpaired) electrons. The molecule has 2 saturated heterocycles. The van der Waals surface area contributed by atoms with Gasteiger partial charge in [0.1, 0.15) is 11.3 Å². The number of halogens is 3. The molecule has 2 fully saturated rings. The summed E-state index contributed by atoms with van der Waals surface area (Å²) in [7, 11) is 0. The van der Waals surface area contributed by atoms with Gasteiger partial charge in [-0.3, -0.25) is 20.0 Å². The van der Waals surface area contributed by atoms with Crippen molar-refractivity contribution in [2.24, 2.45) is 0 Å². The summed E-state index contributed by atoms with van der Waals surface area (Å²) in [6, 6.07) is 5.22. The number of urea groups is 1. The van der Waals surface area contributed by atoms with Crippen LogP contribution in [-0.2, 0) is 16.0 Å². The fraction of sp³-hybridized carbons (Fsp3) is 0.364. The molecule has 1 aromatic heterocycles. The van der Waals surface area contributed by atoms with Crippen LogP contribution in [0.5, 0.6) is 5.75 Å². The highest BCUT2D eigenvalue weighted by Crippen LogP contribution is 2.30. The fourth-order valence-electron chi connectivity index (χ4n) is 3.88. The number of hydrazine groups is 1. The molecule has 4 rings (SSSR count). The van der Waals surface area contributed by atoms with Crippen LogP contribution in [-0.4, -0.2) is 66.0 Å². The predicted molar refractivity (Wildman–Crippen MR) is 115 cm³/mol. The Labute approximate surface area is 198 Å². The van der Waals surface area contributed by atoms with E-state index in [0.29, 0.717) is 31.9 Å². The van der Waals surface area contributed by atoms with Crippen LogP contribution in [0.2, 0.25) is 0 Å². The van der Waals surface area contributed by atoms with Gasteiger partial charge in [0.2, 0.25) is 0 Å². The minimum Gasteiger partial charge on any atom is -0.406 e. The molecule has 2 N–H and O–H groups in total. The van der Waals surface area contributed by atoms with Gasteiger partial charge in [0.15, 0.2) is 0 Å². The lowest BCUT2D eigenvalue weighted by molar-refractivity contribution is -0.274.